The number of allylic oxidation sites excluding steroid dienone is 6. The zero-order chi connectivity index (χ0) is 18.0. The van der Waals surface area contributed by atoms with Gasteiger partial charge >= 0.3 is 11.8 Å². The number of ether oxygens (including phenoxy) is 1. The van der Waals surface area contributed by atoms with E-state index in [0.717, 1.165) is 5.57 Å². The van der Waals surface area contributed by atoms with Gasteiger partial charge in [0.2, 0.25) is 5.76 Å². The smallest absolute Gasteiger partial charge is 0.379 e. The minimum absolute atomic E-state index is 0.0343. The molecule has 1 N–H and O–H groups in total. The van der Waals surface area contributed by atoms with E-state index in [1.165, 1.54) is 30.3 Å². The predicted molar refractivity (Wildman–Crippen MR) is 92.5 cm³/mol. The van der Waals surface area contributed by atoms with Crippen LogP contribution in [0.2, 0.25) is 0 Å². The lowest BCUT2D eigenvalue weighted by molar-refractivity contribution is 0.0700. The molecule has 1 aromatic heterocycles. The Balaban J connectivity index is 1.81. The van der Waals surface area contributed by atoms with Crippen LogP contribution in [0, 0.1) is 5.82 Å². The zero-order valence-corrected chi connectivity index (χ0v) is 13.7. The highest BCUT2D eigenvalue weighted by molar-refractivity contribution is 6.15. The van der Waals surface area contributed by atoms with Crippen molar-refractivity contribution in [2.24, 2.45) is 0 Å². The van der Waals surface area contributed by atoms with Crippen LogP contribution in [-0.4, -0.2) is 16.5 Å². The summed E-state index contributed by atoms with van der Waals surface area (Å²) >= 11 is 0. The normalized spacial score (nSPS) is 15.8. The summed E-state index contributed by atoms with van der Waals surface area (Å²) in [5.41, 5.74) is 2.13. The first-order valence-electron chi connectivity index (χ1n) is 7.69. The van der Waals surface area contributed by atoms with Crippen LogP contribution in [0.25, 0.3) is 5.57 Å². The highest BCUT2D eigenvalue weighted by atomic mass is 19.1. The third-order valence-electron chi connectivity index (χ3n) is 3.76. The molecule has 1 aliphatic rings. The van der Waals surface area contributed by atoms with Gasteiger partial charge in [-0.05, 0) is 62.4 Å². The largest absolute Gasteiger partial charge is 0.449 e. The highest BCUT2D eigenvalue weighted by Gasteiger charge is 2.23. The fourth-order valence-electron chi connectivity index (χ4n) is 2.43. The summed E-state index contributed by atoms with van der Waals surface area (Å²) in [5, 5.41) is 0. The van der Waals surface area contributed by atoms with Crippen LogP contribution in [0.4, 0.5) is 4.39 Å². The van der Waals surface area contributed by atoms with Crippen molar-refractivity contribution >= 4 is 17.3 Å². The minimum Gasteiger partial charge on any atom is -0.449 e. The zero-order valence-electron chi connectivity index (χ0n) is 13.7. The van der Waals surface area contributed by atoms with Gasteiger partial charge in [-0.25, -0.2) is 9.18 Å². The molecule has 0 radical (unpaired) electrons. The molecule has 2 aromatic rings. The summed E-state index contributed by atoms with van der Waals surface area (Å²) in [6.07, 6.45) is 5.34. The first kappa shape index (κ1) is 16.6. The standard InChI is InChI=1S/C20H15FO4/c1-3-13-11-14(10-12(2)19(13)22)17-8-9-18(25-17)20(23)24-16-6-4-15(21)5-7-16/h3-11H,1-2H3/p+1. The molecule has 5 heteroatoms. The maximum absolute atomic E-state index is 12.9. The molecular formula is C20H16FO4+. The van der Waals surface area contributed by atoms with E-state index in [1.807, 2.05) is 6.92 Å². The van der Waals surface area contributed by atoms with Gasteiger partial charge in [0.25, 0.3) is 0 Å². The summed E-state index contributed by atoms with van der Waals surface area (Å²) in [5.74, 6) is -0.118. The number of hydrogen-bond donors (Lipinski definition) is 0. The molecule has 0 atom stereocenters. The van der Waals surface area contributed by atoms with Gasteiger partial charge in [-0.2, -0.15) is 0 Å². The van der Waals surface area contributed by atoms with Crippen molar-refractivity contribution < 1.29 is 23.1 Å². The predicted octanol–water partition coefficient (Wildman–Crippen LogP) is 4.47. The lowest BCUT2D eigenvalue weighted by Gasteiger charge is -2.07. The molecule has 0 bridgehead atoms. The third kappa shape index (κ3) is 3.50. The van der Waals surface area contributed by atoms with Gasteiger partial charge in [0.15, 0.2) is 0 Å². The van der Waals surface area contributed by atoms with E-state index in [1.54, 1.807) is 31.2 Å². The first-order chi connectivity index (χ1) is 12.0. The second kappa shape index (κ2) is 6.73. The van der Waals surface area contributed by atoms with Crippen molar-refractivity contribution in [3.8, 4) is 5.75 Å². The van der Waals surface area contributed by atoms with Crippen LogP contribution in [-0.2, 0) is 0 Å². The molecule has 0 aliphatic heterocycles. The molecule has 1 aliphatic carbocycles. The van der Waals surface area contributed by atoms with Crippen molar-refractivity contribution in [3.05, 3.63) is 83.1 Å². The van der Waals surface area contributed by atoms with Crippen molar-refractivity contribution in [2.75, 3.05) is 0 Å². The van der Waals surface area contributed by atoms with Gasteiger partial charge in [-0.15, -0.1) is 0 Å². The molecule has 25 heavy (non-hydrogen) atoms. The van der Waals surface area contributed by atoms with Gasteiger partial charge in [0.05, 0.1) is 11.1 Å². The Morgan fingerprint density at radius 3 is 2.56 bits per heavy atom. The van der Waals surface area contributed by atoms with Crippen molar-refractivity contribution in [3.63, 3.8) is 0 Å². The second-order valence-corrected chi connectivity index (χ2v) is 5.53. The minimum atomic E-state index is -0.671. The van der Waals surface area contributed by atoms with Crippen molar-refractivity contribution in [1.82, 2.24) is 0 Å². The topological polar surface area (TPSA) is 60.8 Å². The first-order valence-corrected chi connectivity index (χ1v) is 7.69. The third-order valence-corrected chi connectivity index (χ3v) is 3.76. The highest BCUT2D eigenvalue weighted by Crippen LogP contribution is 2.28. The lowest BCUT2D eigenvalue weighted by Crippen LogP contribution is -2.08. The number of furan rings is 1. The number of rotatable bonds is 3. The summed E-state index contributed by atoms with van der Waals surface area (Å²) in [4.78, 5) is 22.1. The lowest BCUT2D eigenvalue weighted by atomic mass is 9.93. The van der Waals surface area contributed by atoms with Gasteiger partial charge in [0.1, 0.15) is 17.3 Å². The molecule has 0 saturated heterocycles. The molecule has 3 rings (SSSR count). The Morgan fingerprint density at radius 1 is 1.16 bits per heavy atom. The summed E-state index contributed by atoms with van der Waals surface area (Å²) in [6, 6.07) is 8.31. The number of esters is 1. The fraction of sp³-hybridized carbons (Fsp3) is 0.100. The van der Waals surface area contributed by atoms with Crippen LogP contribution < -0.4 is 4.74 Å². The van der Waals surface area contributed by atoms with E-state index in [4.69, 9.17) is 9.15 Å². The molecular weight excluding hydrogens is 323 g/mol. The number of hydrogen-bond acceptors (Lipinski definition) is 3. The molecule has 0 spiro atoms. The van der Waals surface area contributed by atoms with Crippen LogP contribution in [0.1, 0.15) is 30.2 Å². The van der Waals surface area contributed by atoms with Crippen LogP contribution in [0.3, 0.4) is 0 Å². The molecule has 1 aromatic carbocycles. The number of carbonyl (C=O) groups is 1. The van der Waals surface area contributed by atoms with Gasteiger partial charge in [-0.3, -0.25) is 4.79 Å². The van der Waals surface area contributed by atoms with E-state index in [-0.39, 0.29) is 17.3 Å². The molecule has 0 amide bonds. The van der Waals surface area contributed by atoms with Crippen molar-refractivity contribution in [2.45, 2.75) is 13.8 Å². The molecule has 4 nitrogen and oxygen atoms in total. The molecule has 0 saturated carbocycles. The maximum atomic E-state index is 12.9. The summed E-state index contributed by atoms with van der Waals surface area (Å²) < 4.78 is 23.6. The number of carbonyl (C=O) groups excluding carboxylic acids is 2. The summed E-state index contributed by atoms with van der Waals surface area (Å²) in [6.45, 7) is 3.62. The Labute approximate surface area is 143 Å². The van der Waals surface area contributed by atoms with Gasteiger partial charge < -0.3 is 9.15 Å². The van der Waals surface area contributed by atoms with E-state index >= 15 is 0 Å². The molecule has 1 heterocycles. The molecule has 0 unspecified atom stereocenters. The Bertz CT molecular complexity index is 927. The number of halogens is 1. The van der Waals surface area contributed by atoms with E-state index in [0.29, 0.717) is 16.9 Å². The van der Waals surface area contributed by atoms with E-state index < -0.39 is 11.8 Å². The Hall–Kier alpha value is -3.21. The van der Waals surface area contributed by atoms with E-state index in [9.17, 15) is 14.0 Å². The SMILES string of the molecule is CC=C1C=C(c2ccc(C(=O)Oc3ccc(F)cc3)o2)C=C(C)C1=[OH+]. The van der Waals surface area contributed by atoms with Crippen LogP contribution >= 0.6 is 0 Å². The fourth-order valence-corrected chi connectivity index (χ4v) is 2.43. The van der Waals surface area contributed by atoms with Crippen molar-refractivity contribution in [1.29, 1.82) is 0 Å². The number of benzene rings is 1. The van der Waals surface area contributed by atoms with Crippen LogP contribution in [0.5, 0.6) is 5.75 Å². The van der Waals surface area contributed by atoms with E-state index in [2.05, 4.69) is 0 Å². The maximum Gasteiger partial charge on any atom is 0.379 e. The summed E-state index contributed by atoms with van der Waals surface area (Å²) in [7, 11) is 0. The molecule has 0 fully saturated rings. The van der Waals surface area contributed by atoms with Gasteiger partial charge in [-0.1, -0.05) is 6.08 Å². The Kier molecular flexibility index (Phi) is 4.48. The second-order valence-electron chi connectivity index (χ2n) is 5.53. The average Bonchev–Trinajstić information content (AvgIpc) is 3.09. The monoisotopic (exact) mass is 339 g/mol. The van der Waals surface area contributed by atoms with Crippen LogP contribution in [0.15, 0.2) is 70.2 Å². The van der Waals surface area contributed by atoms with Gasteiger partial charge in [0, 0.05) is 5.57 Å². The quantitative estimate of drug-likeness (QED) is 0.359. The average molecular weight is 339 g/mol. The number of ketones is 1. The Morgan fingerprint density at radius 2 is 1.88 bits per heavy atom. The molecule has 126 valence electrons.